The summed E-state index contributed by atoms with van der Waals surface area (Å²) >= 11 is 0. The van der Waals surface area contributed by atoms with E-state index in [-0.39, 0.29) is 16.7 Å². The molecule has 140 valence electrons. The van der Waals surface area contributed by atoms with Crippen LogP contribution in [0.3, 0.4) is 0 Å². The Kier molecular flexibility index (Phi) is 5.20. The summed E-state index contributed by atoms with van der Waals surface area (Å²) in [7, 11) is -2.21. The van der Waals surface area contributed by atoms with Gasteiger partial charge < -0.3 is 0 Å². The smallest absolute Gasteiger partial charge is 0.243 e. The van der Waals surface area contributed by atoms with E-state index in [1.807, 2.05) is 31.2 Å². The van der Waals surface area contributed by atoms with Crippen molar-refractivity contribution in [3.05, 3.63) is 72.3 Å². The van der Waals surface area contributed by atoms with Gasteiger partial charge >= 0.3 is 0 Å². The van der Waals surface area contributed by atoms with Gasteiger partial charge in [0.2, 0.25) is 10.0 Å². The lowest BCUT2D eigenvalue weighted by Crippen LogP contribution is -2.30. The number of carbonyl (C=O) groups excluding carboxylic acids is 1. The van der Waals surface area contributed by atoms with Gasteiger partial charge in [0.1, 0.15) is 12.7 Å². The Morgan fingerprint density at radius 3 is 2.44 bits per heavy atom. The van der Waals surface area contributed by atoms with Crippen LogP contribution in [0, 0.1) is 0 Å². The molecule has 0 aliphatic carbocycles. The molecule has 1 aromatic heterocycles. The van der Waals surface area contributed by atoms with Crippen LogP contribution in [0.1, 0.15) is 35.8 Å². The predicted octanol–water partition coefficient (Wildman–Crippen LogP) is 2.85. The standard InChI is InChI=1S/C19H20N4O3S/c1-14(16-7-9-18(10-8-16)23-13-20-12-21-23)22(3)27(25,26)19-6-4-5-17(11-19)15(2)24/h4-14H,1-3H3. The number of carbonyl (C=O) groups is 1. The van der Waals surface area contributed by atoms with Crippen molar-refractivity contribution in [3.63, 3.8) is 0 Å². The first-order chi connectivity index (χ1) is 12.8. The summed E-state index contributed by atoms with van der Waals surface area (Å²) in [5, 5.41) is 4.07. The van der Waals surface area contributed by atoms with Crippen LogP contribution in [0.4, 0.5) is 0 Å². The number of sulfonamides is 1. The summed E-state index contributed by atoms with van der Waals surface area (Å²) in [6.07, 6.45) is 3.04. The van der Waals surface area contributed by atoms with E-state index in [9.17, 15) is 13.2 Å². The third-order valence-corrected chi connectivity index (χ3v) is 6.45. The molecule has 0 bridgehead atoms. The van der Waals surface area contributed by atoms with Gasteiger partial charge in [0.15, 0.2) is 5.78 Å². The number of Topliss-reactive ketones (excluding diaryl/α,β-unsaturated/α-hetero) is 1. The van der Waals surface area contributed by atoms with Crippen molar-refractivity contribution in [3.8, 4) is 5.69 Å². The van der Waals surface area contributed by atoms with Gasteiger partial charge in [-0.2, -0.15) is 9.40 Å². The van der Waals surface area contributed by atoms with Gasteiger partial charge in [0.05, 0.1) is 10.6 Å². The zero-order valence-electron chi connectivity index (χ0n) is 15.3. The van der Waals surface area contributed by atoms with Crippen LogP contribution >= 0.6 is 0 Å². The van der Waals surface area contributed by atoms with Gasteiger partial charge in [-0.1, -0.05) is 24.3 Å². The summed E-state index contributed by atoms with van der Waals surface area (Å²) < 4.78 is 28.9. The van der Waals surface area contributed by atoms with Crippen molar-refractivity contribution in [1.29, 1.82) is 0 Å². The Hall–Kier alpha value is -2.84. The van der Waals surface area contributed by atoms with Crippen molar-refractivity contribution in [1.82, 2.24) is 19.1 Å². The molecule has 0 radical (unpaired) electrons. The normalized spacial score (nSPS) is 12.9. The lowest BCUT2D eigenvalue weighted by molar-refractivity contribution is 0.101. The van der Waals surface area contributed by atoms with Gasteiger partial charge in [0, 0.05) is 18.7 Å². The van der Waals surface area contributed by atoms with Crippen molar-refractivity contribution >= 4 is 15.8 Å². The van der Waals surface area contributed by atoms with Gasteiger partial charge in [-0.3, -0.25) is 4.79 Å². The molecule has 1 unspecified atom stereocenters. The van der Waals surface area contributed by atoms with E-state index in [1.165, 1.54) is 36.7 Å². The molecule has 1 heterocycles. The molecule has 0 aliphatic heterocycles. The fourth-order valence-electron chi connectivity index (χ4n) is 2.71. The zero-order chi connectivity index (χ0) is 19.6. The van der Waals surface area contributed by atoms with E-state index in [1.54, 1.807) is 23.1 Å². The first-order valence-corrected chi connectivity index (χ1v) is 9.78. The molecular weight excluding hydrogens is 364 g/mol. The molecular formula is C19H20N4O3S. The van der Waals surface area contributed by atoms with Gasteiger partial charge in [-0.05, 0) is 43.7 Å². The molecule has 0 aliphatic rings. The number of aromatic nitrogens is 3. The molecule has 8 heteroatoms. The molecule has 27 heavy (non-hydrogen) atoms. The number of hydrogen-bond donors (Lipinski definition) is 0. The topological polar surface area (TPSA) is 85.2 Å². The Balaban J connectivity index is 1.86. The summed E-state index contributed by atoms with van der Waals surface area (Å²) in [5.41, 5.74) is 2.05. The van der Waals surface area contributed by atoms with Gasteiger partial charge in [0.25, 0.3) is 0 Å². The fraction of sp³-hybridized carbons (Fsp3) is 0.211. The van der Waals surface area contributed by atoms with Gasteiger partial charge in [-0.15, -0.1) is 0 Å². The zero-order valence-corrected chi connectivity index (χ0v) is 16.1. The maximum atomic E-state index is 13.0. The third-order valence-electron chi connectivity index (χ3n) is 4.52. The number of hydrogen-bond acceptors (Lipinski definition) is 5. The molecule has 0 amide bonds. The summed E-state index contributed by atoms with van der Waals surface area (Å²) in [4.78, 5) is 15.6. The molecule has 2 aromatic carbocycles. The number of benzene rings is 2. The number of rotatable bonds is 6. The second kappa shape index (κ2) is 7.42. The van der Waals surface area contributed by atoms with Gasteiger partial charge in [-0.25, -0.2) is 18.1 Å². The van der Waals surface area contributed by atoms with E-state index >= 15 is 0 Å². The van der Waals surface area contributed by atoms with Crippen LogP contribution in [0.5, 0.6) is 0 Å². The lowest BCUT2D eigenvalue weighted by Gasteiger charge is -2.25. The lowest BCUT2D eigenvalue weighted by atomic mass is 10.1. The summed E-state index contributed by atoms with van der Waals surface area (Å²) in [6.45, 7) is 3.23. The molecule has 7 nitrogen and oxygen atoms in total. The second-order valence-electron chi connectivity index (χ2n) is 6.21. The highest BCUT2D eigenvalue weighted by Crippen LogP contribution is 2.26. The monoisotopic (exact) mass is 384 g/mol. The second-order valence-corrected chi connectivity index (χ2v) is 8.21. The molecule has 3 rings (SSSR count). The molecule has 0 saturated heterocycles. The van der Waals surface area contributed by atoms with Crippen LogP contribution in [-0.4, -0.2) is 40.3 Å². The minimum atomic E-state index is -3.74. The maximum Gasteiger partial charge on any atom is 0.243 e. The highest BCUT2D eigenvalue weighted by atomic mass is 32.2. The van der Waals surface area contributed by atoms with E-state index in [0.29, 0.717) is 5.56 Å². The van der Waals surface area contributed by atoms with E-state index < -0.39 is 10.0 Å². The predicted molar refractivity (Wildman–Crippen MR) is 101 cm³/mol. The van der Waals surface area contributed by atoms with Crippen molar-refractivity contribution in [2.24, 2.45) is 0 Å². The highest BCUT2D eigenvalue weighted by Gasteiger charge is 2.26. The van der Waals surface area contributed by atoms with E-state index in [4.69, 9.17) is 0 Å². The number of ketones is 1. The Morgan fingerprint density at radius 2 is 1.85 bits per heavy atom. The minimum absolute atomic E-state index is 0.101. The molecule has 0 saturated carbocycles. The average molecular weight is 384 g/mol. The van der Waals surface area contributed by atoms with Crippen LogP contribution in [-0.2, 0) is 10.0 Å². The summed E-state index contributed by atoms with van der Waals surface area (Å²) in [6, 6.07) is 13.1. The Bertz CT molecular complexity index is 1040. The Labute approximate surface area is 158 Å². The first-order valence-electron chi connectivity index (χ1n) is 8.34. The summed E-state index contributed by atoms with van der Waals surface area (Å²) in [5.74, 6) is -0.175. The maximum absolute atomic E-state index is 13.0. The van der Waals surface area contributed by atoms with Crippen molar-refractivity contribution in [2.45, 2.75) is 24.8 Å². The van der Waals surface area contributed by atoms with Crippen molar-refractivity contribution in [2.75, 3.05) is 7.05 Å². The van der Waals surface area contributed by atoms with E-state index in [2.05, 4.69) is 10.1 Å². The first kappa shape index (κ1) is 18.9. The van der Waals surface area contributed by atoms with Crippen molar-refractivity contribution < 1.29 is 13.2 Å². The molecule has 0 N–H and O–H groups in total. The highest BCUT2D eigenvalue weighted by molar-refractivity contribution is 7.89. The number of nitrogens with zero attached hydrogens (tertiary/aromatic N) is 4. The molecule has 0 spiro atoms. The third kappa shape index (κ3) is 3.81. The van der Waals surface area contributed by atoms with Crippen LogP contribution in [0.25, 0.3) is 5.69 Å². The molecule has 3 aromatic rings. The fourth-order valence-corrected chi connectivity index (χ4v) is 4.10. The Morgan fingerprint density at radius 1 is 1.15 bits per heavy atom. The van der Waals surface area contributed by atoms with Crippen LogP contribution in [0.15, 0.2) is 66.1 Å². The van der Waals surface area contributed by atoms with E-state index in [0.717, 1.165) is 11.3 Å². The molecule has 0 fully saturated rings. The quantitative estimate of drug-likeness (QED) is 0.610. The van der Waals surface area contributed by atoms with Crippen LogP contribution in [0.2, 0.25) is 0 Å². The SMILES string of the molecule is CC(=O)c1cccc(S(=O)(=O)N(C)C(C)c2ccc(-n3cncn3)cc2)c1. The van der Waals surface area contributed by atoms with Crippen LogP contribution < -0.4 is 0 Å². The largest absolute Gasteiger partial charge is 0.295 e. The average Bonchev–Trinajstić information content (AvgIpc) is 3.22. The minimum Gasteiger partial charge on any atom is -0.295 e. The molecule has 1 atom stereocenters.